The monoisotopic (exact) mass is 387 g/mol. The van der Waals surface area contributed by atoms with Gasteiger partial charge < -0.3 is 15.1 Å². The second kappa shape index (κ2) is 9.49. The topological polar surface area (TPSA) is 38.0 Å². The summed E-state index contributed by atoms with van der Waals surface area (Å²) in [5, 5.41) is 5.40. The Bertz CT molecular complexity index is 694. The van der Waals surface area contributed by atoms with Crippen molar-refractivity contribution in [3.8, 4) is 0 Å². The summed E-state index contributed by atoms with van der Waals surface area (Å²) in [6, 6.07) is 15.6. The summed E-state index contributed by atoms with van der Waals surface area (Å²) >= 11 is 1.81. The van der Waals surface area contributed by atoms with Gasteiger partial charge in [-0.25, -0.2) is 0 Å². The van der Waals surface area contributed by atoms with Crippen molar-refractivity contribution in [2.45, 2.75) is 39.4 Å². The molecule has 0 unspecified atom stereocenters. The standard InChI is InChI=1S/C22H31N3OS/c1-17(2)22(26)23-18(3)21(20-10-7-15-27-20)25-13-11-24(12-14-25)16-19-8-5-4-6-9-19/h4-10,15,17-18,21H,11-14,16H2,1-3H3,(H,23,26)/p+2/t18-,21+/m1/s1. The highest BCUT2D eigenvalue weighted by Gasteiger charge is 2.35. The first-order valence-electron chi connectivity index (χ1n) is 10.1. The molecule has 27 heavy (non-hydrogen) atoms. The van der Waals surface area contributed by atoms with Crippen LogP contribution in [0.4, 0.5) is 0 Å². The van der Waals surface area contributed by atoms with Gasteiger partial charge >= 0.3 is 0 Å². The Hall–Kier alpha value is -1.69. The molecular weight excluding hydrogens is 354 g/mol. The molecule has 0 spiro atoms. The lowest BCUT2D eigenvalue weighted by molar-refractivity contribution is -1.03. The maximum Gasteiger partial charge on any atom is 0.222 e. The lowest BCUT2D eigenvalue weighted by atomic mass is 10.0. The fourth-order valence-corrected chi connectivity index (χ4v) is 5.03. The van der Waals surface area contributed by atoms with Crippen molar-refractivity contribution in [3.63, 3.8) is 0 Å². The van der Waals surface area contributed by atoms with E-state index in [1.54, 1.807) is 9.80 Å². The number of hydrogen-bond acceptors (Lipinski definition) is 2. The van der Waals surface area contributed by atoms with Crippen LogP contribution in [0.15, 0.2) is 47.8 Å². The van der Waals surface area contributed by atoms with Gasteiger partial charge in [0.1, 0.15) is 38.8 Å². The summed E-state index contributed by atoms with van der Waals surface area (Å²) in [4.78, 5) is 16.9. The van der Waals surface area contributed by atoms with Gasteiger partial charge in [0.25, 0.3) is 0 Å². The highest BCUT2D eigenvalue weighted by atomic mass is 32.1. The number of amides is 1. The van der Waals surface area contributed by atoms with Crippen molar-refractivity contribution in [1.29, 1.82) is 0 Å². The van der Waals surface area contributed by atoms with Crippen molar-refractivity contribution in [2.75, 3.05) is 26.2 Å². The van der Waals surface area contributed by atoms with Crippen molar-refractivity contribution < 1.29 is 14.6 Å². The first-order valence-corrected chi connectivity index (χ1v) is 11.0. The van der Waals surface area contributed by atoms with Gasteiger partial charge in [-0.1, -0.05) is 50.2 Å². The van der Waals surface area contributed by atoms with Crippen LogP contribution >= 0.6 is 11.3 Å². The second-order valence-electron chi connectivity index (χ2n) is 8.02. The zero-order valence-corrected chi connectivity index (χ0v) is 17.5. The van der Waals surface area contributed by atoms with Crippen LogP contribution in [0, 0.1) is 5.92 Å². The van der Waals surface area contributed by atoms with Gasteiger partial charge in [0, 0.05) is 11.5 Å². The van der Waals surface area contributed by atoms with Crippen LogP contribution in [0.2, 0.25) is 0 Å². The van der Waals surface area contributed by atoms with E-state index in [2.05, 4.69) is 60.1 Å². The number of carbonyl (C=O) groups excluding carboxylic acids is 1. The van der Waals surface area contributed by atoms with E-state index >= 15 is 0 Å². The molecule has 1 aliphatic heterocycles. The van der Waals surface area contributed by atoms with Gasteiger partial charge in [-0.05, 0) is 18.4 Å². The molecule has 1 saturated heterocycles. The third-order valence-corrected chi connectivity index (χ3v) is 6.54. The molecule has 2 heterocycles. The Morgan fingerprint density at radius 3 is 2.33 bits per heavy atom. The summed E-state index contributed by atoms with van der Waals surface area (Å²) in [7, 11) is 0. The molecule has 2 aromatic rings. The summed E-state index contributed by atoms with van der Waals surface area (Å²) in [5.74, 6) is 0.176. The average Bonchev–Trinajstić information content (AvgIpc) is 3.18. The SMILES string of the molecule is CC(C)C(=O)N[C@H](C)[C@@H](c1cccs1)[NH+]1CC[NH+](Cc2ccccc2)CC1. The molecular formula is C22H33N3OS+2. The molecule has 3 N–H and O–H groups in total. The molecule has 3 rings (SSSR count). The molecule has 1 amide bonds. The van der Waals surface area contributed by atoms with Gasteiger partial charge in [0.2, 0.25) is 5.91 Å². The average molecular weight is 388 g/mol. The normalized spacial score (nSPS) is 22.4. The number of rotatable bonds is 7. The summed E-state index contributed by atoms with van der Waals surface area (Å²) < 4.78 is 0. The summed E-state index contributed by atoms with van der Waals surface area (Å²) in [6.07, 6.45) is 0. The third-order valence-electron chi connectivity index (χ3n) is 5.58. The quantitative estimate of drug-likeness (QED) is 0.650. The number of quaternary nitrogens is 2. The van der Waals surface area contributed by atoms with Crippen molar-refractivity contribution >= 4 is 17.2 Å². The zero-order chi connectivity index (χ0) is 19.2. The van der Waals surface area contributed by atoms with Crippen molar-refractivity contribution in [2.24, 2.45) is 5.92 Å². The predicted octanol–water partition coefficient (Wildman–Crippen LogP) is 0.934. The lowest BCUT2D eigenvalue weighted by Gasteiger charge is -2.37. The number of nitrogens with one attached hydrogen (secondary N) is 3. The molecule has 1 aromatic heterocycles. The molecule has 1 fully saturated rings. The largest absolute Gasteiger partial charge is 0.347 e. The second-order valence-corrected chi connectivity index (χ2v) is 8.99. The molecule has 1 aromatic carbocycles. The Kier molecular flexibility index (Phi) is 7.05. The van der Waals surface area contributed by atoms with E-state index in [0.717, 1.165) is 19.6 Å². The number of carbonyl (C=O) groups is 1. The van der Waals surface area contributed by atoms with E-state index in [1.165, 1.54) is 23.5 Å². The Balaban J connectivity index is 1.63. The molecule has 1 aliphatic rings. The third kappa shape index (κ3) is 5.41. The molecule has 0 aliphatic carbocycles. The van der Waals surface area contributed by atoms with Crippen molar-refractivity contribution in [3.05, 3.63) is 58.3 Å². The van der Waals surface area contributed by atoms with E-state index in [1.807, 2.05) is 25.2 Å². The molecule has 2 atom stereocenters. The molecule has 146 valence electrons. The fraction of sp³-hybridized carbons (Fsp3) is 0.500. The van der Waals surface area contributed by atoms with E-state index < -0.39 is 0 Å². The minimum atomic E-state index is 0.0265. The van der Waals surface area contributed by atoms with Gasteiger partial charge in [-0.15, -0.1) is 11.3 Å². The minimum Gasteiger partial charge on any atom is -0.347 e. The lowest BCUT2D eigenvalue weighted by Crippen LogP contribution is -3.28. The summed E-state index contributed by atoms with van der Waals surface area (Å²) in [5.41, 5.74) is 1.42. The number of thiophene rings is 1. The maximum atomic E-state index is 12.2. The molecule has 0 radical (unpaired) electrons. The van der Waals surface area contributed by atoms with Gasteiger partial charge in [-0.3, -0.25) is 4.79 Å². The zero-order valence-electron chi connectivity index (χ0n) is 16.7. The van der Waals surface area contributed by atoms with Gasteiger partial charge in [0.05, 0.1) is 10.9 Å². The van der Waals surface area contributed by atoms with Crippen LogP contribution in [-0.4, -0.2) is 38.1 Å². The maximum absolute atomic E-state index is 12.2. The Morgan fingerprint density at radius 2 is 1.74 bits per heavy atom. The number of benzene rings is 1. The van der Waals surface area contributed by atoms with Crippen LogP contribution in [0.5, 0.6) is 0 Å². The Morgan fingerprint density at radius 1 is 1.04 bits per heavy atom. The van der Waals surface area contributed by atoms with Crippen LogP contribution in [0.25, 0.3) is 0 Å². The molecule has 0 saturated carbocycles. The number of hydrogen-bond donors (Lipinski definition) is 3. The predicted molar refractivity (Wildman–Crippen MR) is 111 cm³/mol. The van der Waals surface area contributed by atoms with E-state index in [9.17, 15) is 4.79 Å². The highest BCUT2D eigenvalue weighted by molar-refractivity contribution is 7.10. The van der Waals surface area contributed by atoms with Crippen LogP contribution in [0.1, 0.15) is 37.3 Å². The first kappa shape index (κ1) is 20.1. The fourth-order valence-electron chi connectivity index (χ4n) is 4.04. The van der Waals surface area contributed by atoms with Gasteiger partial charge in [-0.2, -0.15) is 0 Å². The molecule has 4 nitrogen and oxygen atoms in total. The van der Waals surface area contributed by atoms with Gasteiger partial charge in [0.15, 0.2) is 0 Å². The van der Waals surface area contributed by atoms with Crippen molar-refractivity contribution in [1.82, 2.24) is 5.32 Å². The van der Waals surface area contributed by atoms with Crippen LogP contribution in [0.3, 0.4) is 0 Å². The van der Waals surface area contributed by atoms with Crippen LogP contribution in [-0.2, 0) is 11.3 Å². The van der Waals surface area contributed by atoms with E-state index in [-0.39, 0.29) is 17.9 Å². The van der Waals surface area contributed by atoms with E-state index in [0.29, 0.717) is 6.04 Å². The van der Waals surface area contributed by atoms with E-state index in [4.69, 9.17) is 0 Å². The highest BCUT2D eigenvalue weighted by Crippen LogP contribution is 2.20. The smallest absolute Gasteiger partial charge is 0.222 e. The first-order chi connectivity index (χ1) is 13.0. The molecule has 5 heteroatoms. The molecule has 0 bridgehead atoms. The summed E-state index contributed by atoms with van der Waals surface area (Å²) in [6.45, 7) is 11.8. The number of piperazine rings is 1. The van der Waals surface area contributed by atoms with Crippen LogP contribution < -0.4 is 15.1 Å². The Labute approximate surface area is 167 Å². The minimum absolute atomic E-state index is 0.0265.